The Morgan fingerprint density at radius 2 is 1.44 bits per heavy atom. The van der Waals surface area contributed by atoms with E-state index in [4.69, 9.17) is 33.7 Å². The Labute approximate surface area is 316 Å². The van der Waals surface area contributed by atoms with Gasteiger partial charge in [0.2, 0.25) is 0 Å². The number of pyridine rings is 2. The van der Waals surface area contributed by atoms with Gasteiger partial charge in [-0.2, -0.15) is 0 Å². The first-order valence-electron chi connectivity index (χ1n) is 17.8. The minimum absolute atomic E-state index is 0.0536. The van der Waals surface area contributed by atoms with E-state index in [1.54, 1.807) is 32.5 Å². The summed E-state index contributed by atoms with van der Waals surface area (Å²) in [5.41, 5.74) is 5.69. The van der Waals surface area contributed by atoms with Gasteiger partial charge in [-0.3, -0.25) is 4.90 Å². The summed E-state index contributed by atoms with van der Waals surface area (Å²) in [4.78, 5) is 13.9. The van der Waals surface area contributed by atoms with Crippen LogP contribution in [0.1, 0.15) is 23.9 Å². The molecule has 0 aliphatic rings. The predicted octanol–water partition coefficient (Wildman–Crippen LogP) is 8.66. The number of nitrogens with zero attached hydrogens (tertiary/aromatic N) is 5. The van der Waals surface area contributed by atoms with Crippen molar-refractivity contribution in [3.8, 4) is 51.6 Å². The van der Waals surface area contributed by atoms with Crippen molar-refractivity contribution in [2.45, 2.75) is 27.4 Å². The topological polar surface area (TPSA) is 104 Å². The maximum absolute atomic E-state index is 11.4. The third kappa shape index (κ3) is 8.37. The minimum Gasteiger partial charge on any atom is -0.504 e. The number of benzene rings is 3. The van der Waals surface area contributed by atoms with Gasteiger partial charge in [0.25, 0.3) is 0 Å². The quantitative estimate of drug-likeness (QED) is 0.104. The van der Waals surface area contributed by atoms with E-state index in [9.17, 15) is 5.11 Å². The molecular weight excluding hydrogens is 683 g/mol. The normalized spacial score (nSPS) is 11.0. The zero-order chi connectivity index (χ0) is 38.2. The molecule has 3 heterocycles. The molecule has 3 aromatic carbocycles. The van der Waals surface area contributed by atoms with Crippen molar-refractivity contribution >= 4 is 17.2 Å². The van der Waals surface area contributed by atoms with Gasteiger partial charge < -0.3 is 38.3 Å². The van der Waals surface area contributed by atoms with Crippen LogP contribution in [0.5, 0.6) is 34.5 Å². The van der Waals surface area contributed by atoms with E-state index < -0.39 is 0 Å². The highest BCUT2D eigenvalue weighted by Gasteiger charge is 2.24. The van der Waals surface area contributed by atoms with Crippen LogP contribution in [-0.4, -0.2) is 72.6 Å². The van der Waals surface area contributed by atoms with Crippen LogP contribution < -0.4 is 28.6 Å². The van der Waals surface area contributed by atoms with Gasteiger partial charge in [0, 0.05) is 54.0 Å². The van der Waals surface area contributed by atoms with Gasteiger partial charge >= 0.3 is 0 Å². The van der Waals surface area contributed by atoms with Gasteiger partial charge in [-0.1, -0.05) is 36.4 Å². The summed E-state index contributed by atoms with van der Waals surface area (Å²) in [6, 6.07) is 30.6. The Morgan fingerprint density at radius 3 is 2.15 bits per heavy atom. The van der Waals surface area contributed by atoms with Crippen molar-refractivity contribution in [1.29, 1.82) is 0 Å². The van der Waals surface area contributed by atoms with E-state index in [0.717, 1.165) is 40.6 Å². The molecule has 11 heteroatoms. The predicted molar refractivity (Wildman–Crippen MR) is 212 cm³/mol. The van der Waals surface area contributed by atoms with Gasteiger partial charge in [0.15, 0.2) is 23.0 Å². The number of methoxy groups -OCH3 is 2. The van der Waals surface area contributed by atoms with Gasteiger partial charge in [0.05, 0.1) is 37.9 Å². The fourth-order valence-electron chi connectivity index (χ4n) is 6.15. The molecule has 0 aliphatic carbocycles. The SMILES string of the molecule is CCOc1cc(-c2cccc(N(c3ccnc(-n4c(C)ccc4C)c3)c3cc(O)c(OCc4ccccc4)cc3OC)n2)c(OC)cc1OCCN(C)C. The number of aromatic hydroxyl groups is 1. The van der Waals surface area contributed by atoms with Crippen molar-refractivity contribution in [1.82, 2.24) is 19.4 Å². The van der Waals surface area contributed by atoms with Crippen LogP contribution in [0, 0.1) is 13.8 Å². The minimum atomic E-state index is -0.0536. The number of likely N-dealkylation sites (N-methyl/N-ethyl adjacent to an activating group) is 1. The molecule has 0 saturated heterocycles. The number of anilines is 3. The molecule has 0 unspecified atom stereocenters. The van der Waals surface area contributed by atoms with E-state index in [1.165, 1.54) is 0 Å². The van der Waals surface area contributed by atoms with Crippen molar-refractivity contribution in [3.63, 3.8) is 0 Å². The molecule has 0 radical (unpaired) electrons. The Balaban J connectivity index is 1.48. The maximum atomic E-state index is 11.4. The molecule has 0 aliphatic heterocycles. The smallest absolute Gasteiger partial charge is 0.165 e. The highest BCUT2D eigenvalue weighted by atomic mass is 16.5. The molecule has 0 saturated carbocycles. The van der Waals surface area contributed by atoms with E-state index in [1.807, 2.05) is 113 Å². The Morgan fingerprint density at radius 1 is 0.722 bits per heavy atom. The fraction of sp³-hybridized carbons (Fsp3) is 0.256. The zero-order valence-corrected chi connectivity index (χ0v) is 31.9. The van der Waals surface area contributed by atoms with E-state index in [-0.39, 0.29) is 18.1 Å². The van der Waals surface area contributed by atoms with Crippen molar-refractivity contribution < 1.29 is 28.8 Å². The largest absolute Gasteiger partial charge is 0.504 e. The summed E-state index contributed by atoms with van der Waals surface area (Å²) >= 11 is 0. The van der Waals surface area contributed by atoms with Crippen LogP contribution in [0.3, 0.4) is 0 Å². The molecule has 11 nitrogen and oxygen atoms in total. The molecule has 6 aromatic rings. The average molecular weight is 730 g/mol. The number of aryl methyl sites for hydroxylation is 2. The summed E-state index contributed by atoms with van der Waals surface area (Å²) in [5.74, 6) is 3.73. The second kappa shape index (κ2) is 17.1. The second-order valence-electron chi connectivity index (χ2n) is 12.9. The number of aromatic nitrogens is 3. The summed E-state index contributed by atoms with van der Waals surface area (Å²) in [5, 5.41) is 11.4. The Hall–Kier alpha value is -6.20. The van der Waals surface area contributed by atoms with Gasteiger partial charge in [0.1, 0.15) is 36.3 Å². The summed E-state index contributed by atoms with van der Waals surface area (Å²) < 4.78 is 32.2. The van der Waals surface area contributed by atoms with E-state index in [0.29, 0.717) is 53.4 Å². The third-order valence-corrected chi connectivity index (χ3v) is 8.83. The van der Waals surface area contributed by atoms with Crippen LogP contribution in [-0.2, 0) is 6.61 Å². The fourth-order valence-corrected chi connectivity index (χ4v) is 6.15. The molecule has 1 N–H and O–H groups in total. The lowest BCUT2D eigenvalue weighted by molar-refractivity contribution is 0.243. The molecule has 0 fully saturated rings. The van der Waals surface area contributed by atoms with Crippen molar-refractivity contribution in [2.24, 2.45) is 0 Å². The molecule has 0 amide bonds. The van der Waals surface area contributed by atoms with E-state index in [2.05, 4.69) is 21.6 Å². The first kappa shape index (κ1) is 37.6. The van der Waals surface area contributed by atoms with Crippen LogP contribution in [0.2, 0.25) is 0 Å². The monoisotopic (exact) mass is 729 g/mol. The molecule has 0 bridgehead atoms. The maximum Gasteiger partial charge on any atom is 0.165 e. The van der Waals surface area contributed by atoms with Gasteiger partial charge in [-0.25, -0.2) is 9.97 Å². The van der Waals surface area contributed by atoms with Gasteiger partial charge in [-0.15, -0.1) is 0 Å². The number of hydrogen-bond donors (Lipinski definition) is 1. The van der Waals surface area contributed by atoms with Crippen molar-refractivity contribution in [2.75, 3.05) is 53.0 Å². The second-order valence-corrected chi connectivity index (χ2v) is 12.9. The highest BCUT2D eigenvalue weighted by molar-refractivity contribution is 5.82. The molecule has 0 atom stereocenters. The molecule has 0 spiro atoms. The number of ether oxygens (including phenoxy) is 5. The van der Waals surface area contributed by atoms with Crippen LogP contribution in [0.15, 0.2) is 103 Å². The van der Waals surface area contributed by atoms with E-state index >= 15 is 0 Å². The third-order valence-electron chi connectivity index (χ3n) is 8.83. The first-order chi connectivity index (χ1) is 26.2. The number of phenolic OH excluding ortho intramolecular Hbond substituents is 1. The lowest BCUT2D eigenvalue weighted by atomic mass is 10.1. The van der Waals surface area contributed by atoms with Crippen LogP contribution in [0.4, 0.5) is 17.2 Å². The van der Waals surface area contributed by atoms with Crippen LogP contribution >= 0.6 is 0 Å². The number of phenols is 1. The first-order valence-corrected chi connectivity index (χ1v) is 17.8. The Bertz CT molecular complexity index is 2170. The lowest BCUT2D eigenvalue weighted by Gasteiger charge is -2.27. The Kier molecular flexibility index (Phi) is 11.9. The highest BCUT2D eigenvalue weighted by Crippen LogP contribution is 2.46. The lowest BCUT2D eigenvalue weighted by Crippen LogP contribution is -2.19. The number of rotatable bonds is 16. The summed E-state index contributed by atoms with van der Waals surface area (Å²) in [6.07, 6.45) is 1.76. The van der Waals surface area contributed by atoms with Crippen LogP contribution in [0.25, 0.3) is 17.1 Å². The summed E-state index contributed by atoms with van der Waals surface area (Å²) in [6.45, 7) is 7.98. The molecule has 6 rings (SSSR count). The zero-order valence-electron chi connectivity index (χ0n) is 31.9. The van der Waals surface area contributed by atoms with Gasteiger partial charge in [-0.05, 0) is 76.8 Å². The standard InChI is InChI=1S/C43H47N5O6/c1-8-52-40-24-33(37(50-6)26-41(40)53-22-21-46(4)5)34-15-12-16-42(45-34)48(32-19-20-44-43(23-32)47-29(2)17-18-30(47)3)35-25-36(49)39(27-38(35)51-7)54-28-31-13-10-9-11-14-31/h9-20,23-27,49H,8,21-22,28H2,1-7H3. The molecular formula is C43H47N5O6. The average Bonchev–Trinajstić information content (AvgIpc) is 3.52. The molecule has 3 aromatic heterocycles. The summed E-state index contributed by atoms with van der Waals surface area (Å²) in [7, 11) is 7.21. The molecule has 280 valence electrons. The molecule has 54 heavy (non-hydrogen) atoms. The van der Waals surface area contributed by atoms with Crippen molar-refractivity contribution in [3.05, 3.63) is 120 Å². The number of hydrogen-bond acceptors (Lipinski definition) is 10.